The van der Waals surface area contributed by atoms with E-state index >= 15 is 0 Å². The Bertz CT molecular complexity index is 563. The first-order chi connectivity index (χ1) is 7.38. The van der Waals surface area contributed by atoms with Crippen LogP contribution in [0.15, 0.2) is 18.2 Å². The van der Waals surface area contributed by atoms with Gasteiger partial charge in [0.05, 0.1) is 10.2 Å². The molecule has 0 aliphatic heterocycles. The molecule has 0 unspecified atom stereocenters. The lowest BCUT2D eigenvalue weighted by atomic mass is 10.2. The molecule has 84 valence electrons. The first kappa shape index (κ1) is 11.3. The molecule has 0 amide bonds. The lowest BCUT2D eigenvalue weighted by Crippen LogP contribution is -2.03. The molecule has 0 fully saturated rings. The molecule has 0 saturated heterocycles. The molecular weight excluding hydrogens is 263 g/mol. The fourth-order valence-electron chi connectivity index (χ4n) is 1.17. The normalized spacial score (nSPS) is 12.0. The first-order valence-corrected chi connectivity index (χ1v) is 5.25. The predicted octanol–water partition coefficient (Wildman–Crippen LogP) is 3.69. The van der Waals surface area contributed by atoms with E-state index < -0.39 is 16.4 Å². The zero-order chi connectivity index (χ0) is 11.9. The maximum Gasteiger partial charge on any atom is 0.443 e. The zero-order valence-electron chi connectivity index (χ0n) is 7.51. The van der Waals surface area contributed by atoms with Crippen LogP contribution in [-0.2, 0) is 6.18 Å². The molecule has 0 aliphatic carbocycles. The molecule has 0 N–H and O–H groups in total. The average Bonchev–Trinajstić information content (AvgIpc) is 2.58. The van der Waals surface area contributed by atoms with E-state index in [0.717, 1.165) is 0 Å². The zero-order valence-corrected chi connectivity index (χ0v) is 9.08. The van der Waals surface area contributed by atoms with Crippen LogP contribution >= 0.6 is 22.9 Å². The van der Waals surface area contributed by atoms with E-state index in [9.17, 15) is 18.0 Å². The lowest BCUT2D eigenvalue weighted by molar-refractivity contribution is -0.137. The SMILES string of the molecule is O=C(Cl)c1ccc2nc(C(F)(F)F)sc2c1. The highest BCUT2D eigenvalue weighted by atomic mass is 35.5. The molecule has 0 saturated carbocycles. The van der Waals surface area contributed by atoms with Gasteiger partial charge in [-0.05, 0) is 29.8 Å². The van der Waals surface area contributed by atoms with Gasteiger partial charge >= 0.3 is 6.18 Å². The van der Waals surface area contributed by atoms with Crippen LogP contribution < -0.4 is 0 Å². The summed E-state index contributed by atoms with van der Waals surface area (Å²) in [4.78, 5) is 14.2. The first-order valence-electron chi connectivity index (χ1n) is 4.05. The maximum atomic E-state index is 12.3. The molecule has 2 rings (SSSR count). The molecular formula is C9H3ClF3NOS. The summed E-state index contributed by atoms with van der Waals surface area (Å²) in [6.45, 7) is 0. The summed E-state index contributed by atoms with van der Waals surface area (Å²) in [5.74, 6) is 0. The van der Waals surface area contributed by atoms with Gasteiger partial charge in [-0.1, -0.05) is 0 Å². The number of aromatic nitrogens is 1. The summed E-state index contributed by atoms with van der Waals surface area (Å²) in [6.07, 6.45) is -4.46. The summed E-state index contributed by atoms with van der Waals surface area (Å²) in [5.41, 5.74) is 0.366. The number of nitrogens with zero attached hydrogens (tertiary/aromatic N) is 1. The quantitative estimate of drug-likeness (QED) is 0.736. The van der Waals surface area contributed by atoms with E-state index in [1.54, 1.807) is 0 Å². The van der Waals surface area contributed by atoms with Crippen molar-refractivity contribution < 1.29 is 18.0 Å². The molecule has 1 heterocycles. The second-order valence-corrected chi connectivity index (χ2v) is 4.35. The van der Waals surface area contributed by atoms with Crippen molar-refractivity contribution in [3.63, 3.8) is 0 Å². The van der Waals surface area contributed by atoms with Crippen LogP contribution in [0.2, 0.25) is 0 Å². The molecule has 1 aromatic heterocycles. The average molecular weight is 266 g/mol. The third-order valence-electron chi connectivity index (χ3n) is 1.86. The van der Waals surface area contributed by atoms with E-state index in [4.69, 9.17) is 11.6 Å². The minimum Gasteiger partial charge on any atom is -0.276 e. The van der Waals surface area contributed by atoms with E-state index in [1.165, 1.54) is 18.2 Å². The minimum atomic E-state index is -4.46. The number of benzene rings is 1. The summed E-state index contributed by atoms with van der Waals surface area (Å²) >= 11 is 5.71. The Morgan fingerprint density at radius 1 is 1.38 bits per heavy atom. The number of carbonyl (C=O) groups is 1. The summed E-state index contributed by atoms with van der Waals surface area (Å²) in [5, 5.41) is -1.63. The van der Waals surface area contributed by atoms with Crippen molar-refractivity contribution in [1.82, 2.24) is 4.98 Å². The van der Waals surface area contributed by atoms with Crippen molar-refractivity contribution in [2.75, 3.05) is 0 Å². The smallest absolute Gasteiger partial charge is 0.276 e. The van der Waals surface area contributed by atoms with Crippen molar-refractivity contribution in [3.8, 4) is 0 Å². The van der Waals surface area contributed by atoms with Crippen molar-refractivity contribution in [2.24, 2.45) is 0 Å². The molecule has 0 spiro atoms. The van der Waals surface area contributed by atoms with Crippen molar-refractivity contribution in [3.05, 3.63) is 28.8 Å². The predicted molar refractivity (Wildman–Crippen MR) is 54.8 cm³/mol. The fourth-order valence-corrected chi connectivity index (χ4v) is 2.16. The number of hydrogen-bond donors (Lipinski definition) is 0. The summed E-state index contributed by atoms with van der Waals surface area (Å²) < 4.78 is 37.3. The van der Waals surface area contributed by atoms with Gasteiger partial charge in [0, 0.05) is 5.56 Å². The van der Waals surface area contributed by atoms with Gasteiger partial charge < -0.3 is 0 Å². The third-order valence-corrected chi connectivity index (χ3v) is 3.14. The molecule has 7 heteroatoms. The highest BCUT2D eigenvalue weighted by Gasteiger charge is 2.34. The van der Waals surface area contributed by atoms with Crippen LogP contribution in [0.25, 0.3) is 10.2 Å². The standard InChI is InChI=1S/C9H3ClF3NOS/c10-7(15)4-1-2-5-6(3-4)16-8(14-5)9(11,12)13/h1-3H. The van der Waals surface area contributed by atoms with Crippen LogP contribution in [0, 0.1) is 0 Å². The van der Waals surface area contributed by atoms with Crippen LogP contribution in [-0.4, -0.2) is 10.2 Å². The Balaban J connectivity index is 2.59. The number of halogens is 4. The molecule has 2 nitrogen and oxygen atoms in total. The highest BCUT2D eigenvalue weighted by Crippen LogP contribution is 2.35. The van der Waals surface area contributed by atoms with E-state index in [0.29, 0.717) is 16.0 Å². The lowest BCUT2D eigenvalue weighted by Gasteiger charge is -1.98. The number of alkyl halides is 3. The van der Waals surface area contributed by atoms with Crippen molar-refractivity contribution >= 4 is 38.4 Å². The van der Waals surface area contributed by atoms with Gasteiger partial charge in [-0.2, -0.15) is 13.2 Å². The molecule has 0 atom stereocenters. The summed E-state index contributed by atoms with van der Waals surface area (Å²) in [7, 11) is 0. The molecule has 0 bridgehead atoms. The number of rotatable bonds is 1. The molecule has 16 heavy (non-hydrogen) atoms. The maximum absolute atomic E-state index is 12.3. The van der Waals surface area contributed by atoms with Gasteiger partial charge in [0.1, 0.15) is 0 Å². The largest absolute Gasteiger partial charge is 0.443 e. The van der Waals surface area contributed by atoms with Crippen LogP contribution in [0.4, 0.5) is 13.2 Å². The van der Waals surface area contributed by atoms with E-state index in [-0.39, 0.29) is 11.1 Å². The molecule has 0 radical (unpaired) electrons. The highest BCUT2D eigenvalue weighted by molar-refractivity contribution is 7.18. The number of fused-ring (bicyclic) bond motifs is 1. The molecule has 0 aliphatic rings. The Labute approximate surface area is 96.7 Å². The van der Waals surface area contributed by atoms with Crippen molar-refractivity contribution in [1.29, 1.82) is 0 Å². The van der Waals surface area contributed by atoms with Crippen LogP contribution in [0.1, 0.15) is 15.4 Å². The van der Waals surface area contributed by atoms with Gasteiger partial charge in [0.15, 0.2) is 5.01 Å². The van der Waals surface area contributed by atoms with Gasteiger partial charge in [0.2, 0.25) is 0 Å². The van der Waals surface area contributed by atoms with Crippen molar-refractivity contribution in [2.45, 2.75) is 6.18 Å². The second-order valence-electron chi connectivity index (χ2n) is 2.97. The van der Waals surface area contributed by atoms with Gasteiger partial charge in [-0.3, -0.25) is 4.79 Å². The van der Waals surface area contributed by atoms with Gasteiger partial charge in [-0.25, -0.2) is 4.98 Å². The second kappa shape index (κ2) is 3.71. The van der Waals surface area contributed by atoms with E-state index in [2.05, 4.69) is 4.98 Å². The Morgan fingerprint density at radius 3 is 2.62 bits per heavy atom. The van der Waals surface area contributed by atoms with Gasteiger partial charge in [-0.15, -0.1) is 11.3 Å². The summed E-state index contributed by atoms with van der Waals surface area (Å²) in [6, 6.07) is 3.99. The van der Waals surface area contributed by atoms with E-state index in [1.807, 2.05) is 0 Å². The Kier molecular flexibility index (Phi) is 2.63. The molecule has 1 aromatic carbocycles. The Hall–Kier alpha value is -1.14. The number of hydrogen-bond acceptors (Lipinski definition) is 3. The monoisotopic (exact) mass is 265 g/mol. The Morgan fingerprint density at radius 2 is 2.06 bits per heavy atom. The molecule has 2 aromatic rings. The number of carbonyl (C=O) groups excluding carboxylic acids is 1. The fraction of sp³-hybridized carbons (Fsp3) is 0.111. The van der Waals surface area contributed by atoms with Crippen LogP contribution in [0.5, 0.6) is 0 Å². The minimum absolute atomic E-state index is 0.159. The third kappa shape index (κ3) is 2.03. The van der Waals surface area contributed by atoms with Crippen LogP contribution in [0.3, 0.4) is 0 Å². The topological polar surface area (TPSA) is 30.0 Å². The van der Waals surface area contributed by atoms with Gasteiger partial charge in [0.25, 0.3) is 5.24 Å². The number of thiazole rings is 1.